The molecule has 0 bridgehead atoms. The summed E-state index contributed by atoms with van der Waals surface area (Å²) in [4.78, 5) is 3.83. The van der Waals surface area contributed by atoms with Gasteiger partial charge in [-0.15, -0.1) is 11.3 Å². The average molecular weight is 596 g/mol. The van der Waals surface area contributed by atoms with Crippen molar-refractivity contribution in [3.05, 3.63) is 165 Å². The van der Waals surface area contributed by atoms with Crippen LogP contribution in [0.1, 0.15) is 32.0 Å². The second-order valence-electron chi connectivity index (χ2n) is 11.3. The Labute approximate surface area is 262 Å². The largest absolute Gasteiger partial charge is 0.497 e. The molecule has 5 aromatic carbocycles. The molecule has 1 aliphatic heterocycles. The lowest BCUT2D eigenvalue weighted by Crippen LogP contribution is -2.33. The summed E-state index contributed by atoms with van der Waals surface area (Å²) in [6, 6.07) is 42.7. The number of hydrogen-bond acceptors (Lipinski definition) is 5. The van der Waals surface area contributed by atoms with Gasteiger partial charge in [0.1, 0.15) is 17.1 Å². The van der Waals surface area contributed by atoms with Gasteiger partial charge in [0, 0.05) is 35.8 Å². The molecule has 1 N–H and O–H groups in total. The smallest absolute Gasteiger partial charge is 0.187 e. The zero-order chi connectivity index (χ0) is 30.3. The van der Waals surface area contributed by atoms with Gasteiger partial charge in [0.05, 0.1) is 12.0 Å². The Morgan fingerprint density at radius 2 is 1.45 bits per heavy atom. The van der Waals surface area contributed by atoms with Crippen LogP contribution in [0.5, 0.6) is 11.5 Å². The van der Waals surface area contributed by atoms with Gasteiger partial charge in [-0.25, -0.2) is 0 Å². The first-order valence-corrected chi connectivity index (χ1v) is 15.4. The number of thiophene rings is 1. The van der Waals surface area contributed by atoms with E-state index < -0.39 is 11.2 Å². The van der Waals surface area contributed by atoms with Crippen LogP contribution in [0.4, 0.5) is 5.69 Å². The minimum Gasteiger partial charge on any atom is -0.497 e. The molecule has 0 saturated carbocycles. The minimum absolute atomic E-state index is 0.779. The fraction of sp³-hybridized carbons (Fsp3) is 0.128. The average Bonchev–Trinajstić information content (AvgIpc) is 3.60. The maximum Gasteiger partial charge on any atom is 0.187 e. The maximum absolute atomic E-state index is 12.7. The zero-order valence-electron chi connectivity index (χ0n) is 24.9. The van der Waals surface area contributed by atoms with E-state index in [-0.39, 0.29) is 0 Å². The summed E-state index contributed by atoms with van der Waals surface area (Å²) in [5.41, 5.74) is 2.45. The van der Waals surface area contributed by atoms with E-state index in [1.165, 1.54) is 5.39 Å². The molecule has 7 rings (SSSR count). The first-order valence-electron chi connectivity index (χ1n) is 14.6. The molecule has 1 aliphatic rings. The molecule has 2 unspecified atom stereocenters. The molecule has 5 heteroatoms. The molecule has 1 aromatic heterocycles. The summed E-state index contributed by atoms with van der Waals surface area (Å²) in [6.07, 6.45) is 4.32. The fourth-order valence-corrected chi connectivity index (χ4v) is 7.35. The molecule has 0 amide bonds. The van der Waals surface area contributed by atoms with Gasteiger partial charge in [-0.3, -0.25) is 0 Å². The highest BCUT2D eigenvalue weighted by atomic mass is 32.1. The summed E-state index contributed by atoms with van der Waals surface area (Å²) in [5, 5.41) is 15.0. The van der Waals surface area contributed by atoms with E-state index in [1.807, 2.05) is 86.9 Å². The van der Waals surface area contributed by atoms with Crippen molar-refractivity contribution in [3.63, 3.8) is 0 Å². The maximum atomic E-state index is 12.7. The lowest BCUT2D eigenvalue weighted by Gasteiger charge is -2.35. The molecule has 2 atom stereocenters. The van der Waals surface area contributed by atoms with E-state index in [2.05, 4.69) is 71.6 Å². The van der Waals surface area contributed by atoms with Crippen molar-refractivity contribution < 1.29 is 14.6 Å². The Balaban J connectivity index is 1.40. The summed E-state index contributed by atoms with van der Waals surface area (Å²) in [7, 11) is 5.70. The predicted molar refractivity (Wildman–Crippen MR) is 181 cm³/mol. The van der Waals surface area contributed by atoms with Gasteiger partial charge in [0.25, 0.3) is 0 Å². The predicted octanol–water partition coefficient (Wildman–Crippen LogP) is 8.61. The standard InChI is InChI=1S/C39H33NO3S/c1-40(2)31-18-14-30(15-19-31)39(41,29-10-5-4-6-11-29)37-24-23-36(44-37)38(28-16-20-32(42-3)21-17-28)26-25-34-33-12-8-7-9-27(33)13-22-35(34)43-38/h4-26,41H,1-3H3. The topological polar surface area (TPSA) is 41.9 Å². The molecule has 44 heavy (non-hydrogen) atoms. The van der Waals surface area contributed by atoms with Crippen molar-refractivity contribution in [1.29, 1.82) is 0 Å². The lowest BCUT2D eigenvalue weighted by atomic mass is 9.84. The summed E-state index contributed by atoms with van der Waals surface area (Å²) < 4.78 is 12.5. The number of hydrogen-bond donors (Lipinski definition) is 1. The number of nitrogens with zero attached hydrogens (tertiary/aromatic N) is 1. The molecular formula is C39H33NO3S. The zero-order valence-corrected chi connectivity index (χ0v) is 25.7. The van der Waals surface area contributed by atoms with Gasteiger partial charge in [-0.05, 0) is 76.5 Å². The van der Waals surface area contributed by atoms with Crippen LogP contribution in [-0.2, 0) is 11.2 Å². The Kier molecular flexibility index (Phi) is 7.00. The third kappa shape index (κ3) is 4.57. The molecule has 0 fully saturated rings. The van der Waals surface area contributed by atoms with Gasteiger partial charge >= 0.3 is 0 Å². The molecule has 2 heterocycles. The molecule has 218 valence electrons. The van der Waals surface area contributed by atoms with Crippen molar-refractivity contribution in [2.45, 2.75) is 11.2 Å². The van der Waals surface area contributed by atoms with Crippen LogP contribution in [0.15, 0.2) is 133 Å². The number of benzene rings is 5. The second-order valence-corrected chi connectivity index (χ2v) is 12.4. The van der Waals surface area contributed by atoms with Crippen LogP contribution in [0.3, 0.4) is 0 Å². The molecule has 0 radical (unpaired) electrons. The molecule has 6 aromatic rings. The van der Waals surface area contributed by atoms with Crippen LogP contribution in [0.2, 0.25) is 0 Å². The molecule has 0 spiro atoms. The van der Waals surface area contributed by atoms with E-state index >= 15 is 0 Å². The van der Waals surface area contributed by atoms with Gasteiger partial charge in [-0.2, -0.15) is 0 Å². The van der Waals surface area contributed by atoms with Gasteiger partial charge < -0.3 is 19.5 Å². The summed E-state index contributed by atoms with van der Waals surface area (Å²) in [6.45, 7) is 0. The van der Waals surface area contributed by atoms with Crippen LogP contribution >= 0.6 is 11.3 Å². The van der Waals surface area contributed by atoms with E-state index in [1.54, 1.807) is 18.4 Å². The highest BCUT2D eigenvalue weighted by Crippen LogP contribution is 2.49. The number of rotatable bonds is 7. The third-order valence-electron chi connectivity index (χ3n) is 8.53. The molecular weight excluding hydrogens is 563 g/mol. The minimum atomic E-state index is -1.36. The third-order valence-corrected chi connectivity index (χ3v) is 9.84. The summed E-state index contributed by atoms with van der Waals surface area (Å²) >= 11 is 1.56. The number of fused-ring (bicyclic) bond motifs is 3. The number of anilines is 1. The van der Waals surface area contributed by atoms with Crippen molar-refractivity contribution in [1.82, 2.24) is 0 Å². The SMILES string of the molecule is COc1ccc(C2(c3ccc(C(O)(c4ccccc4)c4ccc(N(C)C)cc4)s3)C=Cc3c(ccc4ccccc34)O2)cc1. The quantitative estimate of drug-likeness (QED) is 0.201. The number of aliphatic hydroxyl groups is 1. The Morgan fingerprint density at radius 3 is 2.18 bits per heavy atom. The van der Waals surface area contributed by atoms with E-state index in [0.29, 0.717) is 0 Å². The first kappa shape index (κ1) is 28.0. The molecule has 0 saturated heterocycles. The van der Waals surface area contributed by atoms with Crippen LogP contribution < -0.4 is 14.4 Å². The Bertz CT molecular complexity index is 1960. The Morgan fingerprint density at radius 1 is 0.750 bits per heavy atom. The summed E-state index contributed by atoms with van der Waals surface area (Å²) in [5.74, 6) is 1.59. The number of ether oxygens (including phenoxy) is 2. The van der Waals surface area contributed by atoms with E-state index in [0.717, 1.165) is 54.6 Å². The molecule has 4 nitrogen and oxygen atoms in total. The molecule has 0 aliphatic carbocycles. The number of methoxy groups -OCH3 is 1. The van der Waals surface area contributed by atoms with Crippen molar-refractivity contribution in [2.24, 2.45) is 0 Å². The van der Waals surface area contributed by atoms with Crippen LogP contribution in [0.25, 0.3) is 16.8 Å². The first-order chi connectivity index (χ1) is 21.4. The van der Waals surface area contributed by atoms with Gasteiger partial charge in [0.15, 0.2) is 5.60 Å². The van der Waals surface area contributed by atoms with Crippen LogP contribution in [-0.4, -0.2) is 26.3 Å². The van der Waals surface area contributed by atoms with Gasteiger partial charge in [0.2, 0.25) is 0 Å². The van der Waals surface area contributed by atoms with Crippen molar-refractivity contribution in [3.8, 4) is 11.5 Å². The normalized spacial score (nSPS) is 17.0. The van der Waals surface area contributed by atoms with Crippen molar-refractivity contribution >= 4 is 33.9 Å². The fourth-order valence-electron chi connectivity index (χ4n) is 6.08. The second kappa shape index (κ2) is 11.0. The highest BCUT2D eigenvalue weighted by molar-refractivity contribution is 7.12. The van der Waals surface area contributed by atoms with Crippen LogP contribution in [0, 0.1) is 0 Å². The monoisotopic (exact) mass is 595 g/mol. The van der Waals surface area contributed by atoms with E-state index in [4.69, 9.17) is 9.47 Å². The van der Waals surface area contributed by atoms with Gasteiger partial charge in [-0.1, -0.05) is 84.9 Å². The lowest BCUT2D eigenvalue weighted by molar-refractivity contribution is 0.129. The van der Waals surface area contributed by atoms with Crippen molar-refractivity contribution in [2.75, 3.05) is 26.1 Å². The van der Waals surface area contributed by atoms with E-state index in [9.17, 15) is 5.11 Å². The highest BCUT2D eigenvalue weighted by Gasteiger charge is 2.42. The Hall–Kier alpha value is -4.84.